The van der Waals surface area contributed by atoms with E-state index in [2.05, 4.69) is 43.6 Å². The average molecular weight is 714 g/mol. The van der Waals surface area contributed by atoms with Gasteiger partial charge < -0.3 is 37.2 Å². The molecular weight excluding hydrogens is 688 g/mol. The molecule has 0 fully saturated rings. The third-order valence-corrected chi connectivity index (χ3v) is 8.09. The predicted octanol–water partition coefficient (Wildman–Crippen LogP) is 6.50. The Kier molecular flexibility index (Phi) is 11.1. The number of benzene rings is 4. The van der Waals surface area contributed by atoms with Gasteiger partial charge in [-0.25, -0.2) is 0 Å². The van der Waals surface area contributed by atoms with Crippen molar-refractivity contribution in [2.45, 2.75) is 0 Å². The molecule has 4 aromatic rings. The zero-order chi connectivity index (χ0) is 34.7. The molecule has 0 aromatic heterocycles. The molecule has 0 saturated heterocycles. The van der Waals surface area contributed by atoms with Crippen molar-refractivity contribution in [3.05, 3.63) is 144 Å². The minimum Gasteiger partial charge on any atom is -0.510 e. The Labute approximate surface area is 295 Å². The summed E-state index contributed by atoms with van der Waals surface area (Å²) in [6.45, 7) is 0. The zero-order valence-corrected chi connectivity index (χ0v) is 27.6. The van der Waals surface area contributed by atoms with Gasteiger partial charge in [0.25, 0.3) is 0 Å². The van der Waals surface area contributed by atoms with Crippen LogP contribution in [0.3, 0.4) is 0 Å². The third-order valence-electron chi connectivity index (χ3n) is 6.68. The summed E-state index contributed by atoms with van der Waals surface area (Å²) in [5, 5.41) is 23.7. The SMILES string of the molecule is F[B-]12O/N=C(c3ccccc3)\C(c3ccccc3)=N\O[B-](F)(O/N=C\C(SCCS)=N/O1)O/N=C(c1ccccc1)/C(c1ccccc1)=N\O2. The highest BCUT2D eigenvalue weighted by atomic mass is 32.2. The first-order chi connectivity index (χ1) is 24.5. The normalized spacial score (nSPS) is 26.8. The number of hydrogen-bond donors (Lipinski definition) is 1. The van der Waals surface area contributed by atoms with Gasteiger partial charge in [-0.05, 0) is 5.75 Å². The number of thioether (sulfide) groups is 1. The van der Waals surface area contributed by atoms with Crippen molar-refractivity contribution in [3.8, 4) is 0 Å². The van der Waals surface area contributed by atoms with Crippen LogP contribution in [0.25, 0.3) is 0 Å². The Morgan fingerprint density at radius 3 is 1.14 bits per heavy atom. The van der Waals surface area contributed by atoms with E-state index in [1.165, 1.54) is 0 Å². The first-order valence-electron chi connectivity index (χ1n) is 15.1. The molecule has 0 spiro atoms. The van der Waals surface area contributed by atoms with E-state index in [1.54, 1.807) is 121 Å². The quantitative estimate of drug-likeness (QED) is 0.178. The van der Waals surface area contributed by atoms with E-state index >= 15 is 8.63 Å². The first-order valence-corrected chi connectivity index (χ1v) is 16.7. The minimum atomic E-state index is -4.49. The molecule has 12 nitrogen and oxygen atoms in total. The van der Waals surface area contributed by atoms with Crippen LogP contribution in [0.15, 0.2) is 152 Å². The second-order valence-electron chi connectivity index (χ2n) is 10.2. The lowest BCUT2D eigenvalue weighted by Crippen LogP contribution is -2.40. The number of hydrogen-bond acceptors (Lipinski definition) is 14. The van der Waals surface area contributed by atoms with Crippen LogP contribution in [0.1, 0.15) is 22.3 Å². The second-order valence-corrected chi connectivity index (χ2v) is 11.8. The standard InChI is InChI=1S/C32H26B2F2N6O6S2/c35-33-43-37-23-28(50-22-21-49)38-44-34(36,47-41-31(26-17-9-3-10-18-26)29(39-45-33)24-13-5-1-6-14-24)48-42-32(27-19-11-4-12-20-27)30(40-46-33)25-15-7-2-8-16-25/h1-20,23,49H,21-22H2/q-2/b37-23-,38-28+,39-29+,40-30+,41-31-,42-32-. The summed E-state index contributed by atoms with van der Waals surface area (Å²) in [5.74, 6) is 0.760. The van der Waals surface area contributed by atoms with E-state index < -0.39 is 14.1 Å². The van der Waals surface area contributed by atoms with Crippen molar-refractivity contribution in [3.63, 3.8) is 0 Å². The molecule has 3 aliphatic heterocycles. The Morgan fingerprint density at radius 1 is 0.480 bits per heavy atom. The van der Waals surface area contributed by atoms with Crippen LogP contribution >= 0.6 is 24.4 Å². The van der Waals surface area contributed by atoms with Gasteiger partial charge in [-0.2, -0.15) is 12.6 Å². The molecule has 18 heteroatoms. The molecule has 0 unspecified atom stereocenters. The number of fused-ring (bicyclic) bond motifs is 9. The topological polar surface area (TPSA) is 130 Å². The summed E-state index contributed by atoms with van der Waals surface area (Å²) in [7, 11) is -8.97. The van der Waals surface area contributed by atoms with Crippen molar-refractivity contribution in [1.29, 1.82) is 0 Å². The predicted molar refractivity (Wildman–Crippen MR) is 194 cm³/mol. The summed E-state index contributed by atoms with van der Waals surface area (Å²) >= 11 is 5.21. The highest BCUT2D eigenvalue weighted by molar-refractivity contribution is 8.15. The monoisotopic (exact) mass is 714 g/mol. The maximum absolute atomic E-state index is 16.9. The molecule has 3 aliphatic rings. The Bertz CT molecular complexity index is 1830. The molecule has 0 aliphatic carbocycles. The molecule has 7 rings (SSSR count). The molecule has 2 bridgehead atoms. The van der Waals surface area contributed by atoms with Gasteiger partial charge in [0.1, 0.15) is 22.8 Å². The van der Waals surface area contributed by atoms with Crippen LogP contribution in [-0.2, 0) is 28.5 Å². The molecule has 0 N–H and O–H groups in total. The maximum Gasteiger partial charge on any atom is 0.812 e. The summed E-state index contributed by atoms with van der Waals surface area (Å²) in [5.41, 5.74) is 0.936. The smallest absolute Gasteiger partial charge is 0.510 e. The van der Waals surface area contributed by atoms with Crippen LogP contribution in [0.2, 0.25) is 0 Å². The molecule has 4 aromatic carbocycles. The number of halogens is 2. The highest BCUT2D eigenvalue weighted by Crippen LogP contribution is 2.23. The van der Waals surface area contributed by atoms with Crippen LogP contribution in [0, 0.1) is 0 Å². The van der Waals surface area contributed by atoms with Crippen LogP contribution in [0.5, 0.6) is 0 Å². The average Bonchev–Trinajstić information content (AvgIpc) is 3.16. The Balaban J connectivity index is 1.60. The van der Waals surface area contributed by atoms with E-state index in [1.807, 2.05) is 0 Å². The van der Waals surface area contributed by atoms with E-state index in [0.717, 1.165) is 18.0 Å². The second kappa shape index (κ2) is 16.2. The fourth-order valence-corrected chi connectivity index (χ4v) is 5.18. The number of rotatable bonds is 6. The lowest BCUT2D eigenvalue weighted by molar-refractivity contribution is 0.0223. The first kappa shape index (κ1) is 34.3. The molecule has 0 amide bonds. The summed E-state index contributed by atoms with van der Waals surface area (Å²) in [6.07, 6.45) is 0.936. The largest absolute Gasteiger partial charge is 0.812 e. The third kappa shape index (κ3) is 8.69. The van der Waals surface area contributed by atoms with Crippen LogP contribution in [0.4, 0.5) is 8.63 Å². The Hall–Kier alpha value is -5.61. The summed E-state index contributed by atoms with van der Waals surface area (Å²) in [6, 6.07) is 33.7. The molecule has 0 atom stereocenters. The summed E-state index contributed by atoms with van der Waals surface area (Å²) in [4.78, 5) is 0. The molecule has 0 radical (unpaired) electrons. The van der Waals surface area contributed by atoms with Gasteiger partial charge >= 0.3 is 14.1 Å². The number of oxime groups is 6. The molecule has 254 valence electrons. The van der Waals surface area contributed by atoms with Gasteiger partial charge in [0.15, 0.2) is 5.04 Å². The van der Waals surface area contributed by atoms with Crippen molar-refractivity contribution < 1.29 is 37.2 Å². The van der Waals surface area contributed by atoms with Crippen LogP contribution in [-0.4, -0.2) is 59.7 Å². The fourth-order valence-electron chi connectivity index (χ4n) is 4.39. The number of nitrogens with zero attached hydrogens (tertiary/aromatic N) is 6. The molecule has 0 saturated carbocycles. The highest BCUT2D eigenvalue weighted by Gasteiger charge is 2.44. The van der Waals surface area contributed by atoms with E-state index in [0.29, 0.717) is 33.8 Å². The van der Waals surface area contributed by atoms with Gasteiger partial charge in [0, 0.05) is 28.0 Å². The van der Waals surface area contributed by atoms with Crippen molar-refractivity contribution in [1.82, 2.24) is 0 Å². The van der Waals surface area contributed by atoms with Gasteiger partial charge in [0.2, 0.25) is 0 Å². The molecule has 3 heterocycles. The Morgan fingerprint density at radius 2 is 0.800 bits per heavy atom. The number of thiol groups is 1. The lowest BCUT2D eigenvalue weighted by atomic mass is 10.00. The van der Waals surface area contributed by atoms with E-state index in [-0.39, 0.29) is 27.9 Å². The minimum absolute atomic E-state index is 0.0936. The van der Waals surface area contributed by atoms with Crippen molar-refractivity contribution in [2.75, 3.05) is 11.5 Å². The van der Waals surface area contributed by atoms with Gasteiger partial charge in [-0.1, -0.05) is 121 Å². The fraction of sp³-hybridized carbons (Fsp3) is 0.0625. The molecular formula is C32H26B2F2N6O6S2-2. The zero-order valence-electron chi connectivity index (χ0n) is 25.9. The van der Waals surface area contributed by atoms with Gasteiger partial charge in [-0.3, -0.25) is 0 Å². The van der Waals surface area contributed by atoms with Gasteiger partial charge in [0.05, 0.1) is 6.21 Å². The molecule has 50 heavy (non-hydrogen) atoms. The van der Waals surface area contributed by atoms with Gasteiger partial charge in [-0.15, -0.1) is 42.7 Å². The van der Waals surface area contributed by atoms with Crippen molar-refractivity contribution >= 4 is 72.6 Å². The lowest BCUT2D eigenvalue weighted by Gasteiger charge is -2.30. The van der Waals surface area contributed by atoms with Crippen LogP contribution < -0.4 is 0 Å². The van der Waals surface area contributed by atoms with E-state index in [9.17, 15) is 0 Å². The van der Waals surface area contributed by atoms with E-state index in [4.69, 9.17) is 28.5 Å². The maximum atomic E-state index is 16.9. The summed E-state index contributed by atoms with van der Waals surface area (Å²) < 4.78 is 65.8. The van der Waals surface area contributed by atoms with Crippen molar-refractivity contribution in [2.24, 2.45) is 30.9 Å².